The van der Waals surface area contributed by atoms with Crippen molar-refractivity contribution < 1.29 is 13.2 Å². The summed E-state index contributed by atoms with van der Waals surface area (Å²) in [5, 5.41) is 0. The lowest BCUT2D eigenvalue weighted by Crippen LogP contribution is -2.07. The van der Waals surface area contributed by atoms with Crippen LogP contribution in [0.25, 0.3) is 0 Å². The van der Waals surface area contributed by atoms with Crippen LogP contribution in [0, 0.1) is 5.92 Å². The van der Waals surface area contributed by atoms with Gasteiger partial charge in [0, 0.05) is 18.2 Å². The van der Waals surface area contributed by atoms with E-state index in [-0.39, 0.29) is 10.7 Å². The molecule has 100 valence electrons. The molecule has 0 aliphatic carbocycles. The van der Waals surface area contributed by atoms with Gasteiger partial charge >= 0.3 is 0 Å². The largest absolute Gasteiger partial charge is 0.294 e. The van der Waals surface area contributed by atoms with Gasteiger partial charge in [-0.15, -0.1) is 0 Å². The predicted octanol–water partition coefficient (Wildman–Crippen LogP) is 3.10. The van der Waals surface area contributed by atoms with Gasteiger partial charge in [-0.2, -0.15) is 0 Å². The van der Waals surface area contributed by atoms with E-state index in [1.54, 1.807) is 12.1 Å². The summed E-state index contributed by atoms with van der Waals surface area (Å²) in [6.45, 7) is 4.13. The zero-order valence-corrected chi connectivity index (χ0v) is 12.0. The number of carbonyl (C=O) groups is 1. The Labute approximate surface area is 109 Å². The lowest BCUT2D eigenvalue weighted by atomic mass is 9.96. The molecule has 0 spiro atoms. The van der Waals surface area contributed by atoms with E-state index in [9.17, 15) is 13.2 Å². The molecule has 0 heterocycles. The van der Waals surface area contributed by atoms with Gasteiger partial charge in [0.1, 0.15) is 0 Å². The van der Waals surface area contributed by atoms with Gasteiger partial charge in [0.2, 0.25) is 0 Å². The summed E-state index contributed by atoms with van der Waals surface area (Å²) in [7, 11) is -3.25. The van der Waals surface area contributed by atoms with Gasteiger partial charge in [-0.05, 0) is 18.1 Å². The summed E-state index contributed by atoms with van der Waals surface area (Å²) < 4.78 is 22.8. The zero-order chi connectivity index (χ0) is 13.8. The lowest BCUT2D eigenvalue weighted by Gasteiger charge is -2.09. The van der Waals surface area contributed by atoms with Crippen molar-refractivity contribution in [1.82, 2.24) is 0 Å². The van der Waals surface area contributed by atoms with Gasteiger partial charge in [-0.1, -0.05) is 38.8 Å². The third-order valence-corrected chi connectivity index (χ3v) is 4.01. The third kappa shape index (κ3) is 4.26. The summed E-state index contributed by atoms with van der Waals surface area (Å²) in [5.41, 5.74) is 0.487. The molecule has 4 heteroatoms. The second-order valence-corrected chi connectivity index (χ2v) is 6.84. The van der Waals surface area contributed by atoms with E-state index >= 15 is 0 Å². The van der Waals surface area contributed by atoms with Crippen LogP contribution in [0.3, 0.4) is 0 Å². The number of sulfone groups is 1. The number of carbonyl (C=O) groups excluding carboxylic acids is 1. The highest BCUT2D eigenvalue weighted by atomic mass is 32.2. The molecule has 0 radical (unpaired) electrons. The molecular weight excluding hydrogens is 248 g/mol. The quantitative estimate of drug-likeness (QED) is 0.745. The fourth-order valence-corrected chi connectivity index (χ4v) is 2.60. The minimum Gasteiger partial charge on any atom is -0.294 e. The fraction of sp³-hybridized carbons (Fsp3) is 0.500. The van der Waals surface area contributed by atoms with Crippen molar-refractivity contribution in [2.75, 3.05) is 6.26 Å². The molecule has 1 unspecified atom stereocenters. The average Bonchev–Trinajstić information content (AvgIpc) is 2.28. The van der Waals surface area contributed by atoms with E-state index in [4.69, 9.17) is 0 Å². The van der Waals surface area contributed by atoms with Crippen LogP contribution in [0.15, 0.2) is 29.2 Å². The standard InChI is InChI=1S/C14H20O3S/c1-4-6-11(2)9-14(15)12-7-5-8-13(10-12)18(3,16)17/h5,7-8,10-11H,4,6,9H2,1-3H3. The van der Waals surface area contributed by atoms with E-state index in [0.717, 1.165) is 19.1 Å². The van der Waals surface area contributed by atoms with Crippen LogP contribution >= 0.6 is 0 Å². The van der Waals surface area contributed by atoms with Crippen molar-refractivity contribution in [3.8, 4) is 0 Å². The highest BCUT2D eigenvalue weighted by Crippen LogP contribution is 2.17. The lowest BCUT2D eigenvalue weighted by molar-refractivity contribution is 0.0962. The van der Waals surface area contributed by atoms with Crippen LogP contribution in [-0.4, -0.2) is 20.5 Å². The highest BCUT2D eigenvalue weighted by molar-refractivity contribution is 7.90. The van der Waals surface area contributed by atoms with E-state index < -0.39 is 9.84 Å². The van der Waals surface area contributed by atoms with Crippen molar-refractivity contribution in [3.63, 3.8) is 0 Å². The second kappa shape index (κ2) is 6.14. The first-order valence-corrected chi connectivity index (χ1v) is 8.07. The van der Waals surface area contributed by atoms with Crippen molar-refractivity contribution in [2.24, 2.45) is 5.92 Å². The molecule has 1 atom stereocenters. The maximum atomic E-state index is 12.0. The molecule has 0 aliphatic heterocycles. The van der Waals surface area contributed by atoms with E-state index in [0.29, 0.717) is 17.9 Å². The van der Waals surface area contributed by atoms with Crippen LogP contribution in [0.4, 0.5) is 0 Å². The molecule has 0 aromatic heterocycles. The zero-order valence-electron chi connectivity index (χ0n) is 11.1. The topological polar surface area (TPSA) is 51.2 Å². The Balaban J connectivity index is 2.87. The van der Waals surface area contributed by atoms with Gasteiger partial charge in [-0.3, -0.25) is 4.79 Å². The summed E-state index contributed by atoms with van der Waals surface area (Å²) in [5.74, 6) is 0.353. The van der Waals surface area contributed by atoms with Crippen LogP contribution in [0.5, 0.6) is 0 Å². The van der Waals surface area contributed by atoms with Crippen LogP contribution in [0.1, 0.15) is 43.5 Å². The first-order valence-electron chi connectivity index (χ1n) is 6.18. The Morgan fingerprint density at radius 2 is 2.00 bits per heavy atom. The molecule has 1 aromatic carbocycles. The minimum absolute atomic E-state index is 0.0152. The monoisotopic (exact) mass is 268 g/mol. The molecular formula is C14H20O3S. The molecule has 0 fully saturated rings. The normalized spacial score (nSPS) is 13.3. The molecule has 0 saturated carbocycles. The molecule has 18 heavy (non-hydrogen) atoms. The summed E-state index contributed by atoms with van der Waals surface area (Å²) >= 11 is 0. The number of hydrogen-bond donors (Lipinski definition) is 0. The number of rotatable bonds is 6. The van der Waals surface area contributed by atoms with Crippen molar-refractivity contribution in [3.05, 3.63) is 29.8 Å². The molecule has 1 rings (SSSR count). The molecule has 1 aromatic rings. The summed E-state index contributed by atoms with van der Waals surface area (Å²) in [6.07, 6.45) is 3.69. The first-order chi connectivity index (χ1) is 8.34. The Bertz CT molecular complexity index is 518. The smallest absolute Gasteiger partial charge is 0.175 e. The van der Waals surface area contributed by atoms with E-state index in [2.05, 4.69) is 6.92 Å². The Hall–Kier alpha value is -1.16. The first kappa shape index (κ1) is 14.9. The number of Topliss-reactive ketones (excluding diaryl/α,β-unsaturated/α-hetero) is 1. The van der Waals surface area contributed by atoms with Crippen molar-refractivity contribution >= 4 is 15.6 Å². The van der Waals surface area contributed by atoms with Crippen molar-refractivity contribution in [2.45, 2.75) is 38.0 Å². The van der Waals surface area contributed by atoms with Crippen LogP contribution in [-0.2, 0) is 9.84 Å². The van der Waals surface area contributed by atoms with Gasteiger partial charge < -0.3 is 0 Å². The Morgan fingerprint density at radius 3 is 2.56 bits per heavy atom. The molecule has 0 bridgehead atoms. The third-order valence-electron chi connectivity index (χ3n) is 2.90. The summed E-state index contributed by atoms with van der Waals surface area (Å²) in [6, 6.07) is 6.28. The van der Waals surface area contributed by atoms with Gasteiger partial charge in [0.25, 0.3) is 0 Å². The van der Waals surface area contributed by atoms with E-state index in [1.165, 1.54) is 12.1 Å². The molecule has 3 nitrogen and oxygen atoms in total. The predicted molar refractivity (Wildman–Crippen MR) is 72.6 cm³/mol. The second-order valence-electron chi connectivity index (χ2n) is 4.82. The van der Waals surface area contributed by atoms with Crippen molar-refractivity contribution in [1.29, 1.82) is 0 Å². The maximum Gasteiger partial charge on any atom is 0.175 e. The summed E-state index contributed by atoms with van der Waals surface area (Å²) in [4.78, 5) is 12.2. The molecule has 0 aliphatic rings. The van der Waals surface area contributed by atoms with Crippen LogP contribution < -0.4 is 0 Å². The average molecular weight is 268 g/mol. The highest BCUT2D eigenvalue weighted by Gasteiger charge is 2.13. The van der Waals surface area contributed by atoms with Crippen LogP contribution in [0.2, 0.25) is 0 Å². The fourth-order valence-electron chi connectivity index (χ4n) is 1.93. The number of hydrogen-bond acceptors (Lipinski definition) is 3. The van der Waals surface area contributed by atoms with Gasteiger partial charge in [-0.25, -0.2) is 8.42 Å². The minimum atomic E-state index is -3.25. The Morgan fingerprint density at radius 1 is 1.33 bits per heavy atom. The molecule has 0 saturated heterocycles. The van der Waals surface area contributed by atoms with Gasteiger partial charge in [0.15, 0.2) is 15.6 Å². The molecule has 0 N–H and O–H groups in total. The van der Waals surface area contributed by atoms with E-state index in [1.807, 2.05) is 6.92 Å². The SMILES string of the molecule is CCCC(C)CC(=O)c1cccc(S(C)(=O)=O)c1. The van der Waals surface area contributed by atoms with Gasteiger partial charge in [0.05, 0.1) is 4.90 Å². The number of benzene rings is 1. The maximum absolute atomic E-state index is 12.0. The Kier molecular flexibility index (Phi) is 5.08. The molecule has 0 amide bonds. The number of ketones is 1.